The van der Waals surface area contributed by atoms with Crippen molar-refractivity contribution in [1.82, 2.24) is 5.32 Å². The van der Waals surface area contributed by atoms with Gasteiger partial charge in [-0.2, -0.15) is 0 Å². The van der Waals surface area contributed by atoms with E-state index >= 15 is 0 Å². The Labute approximate surface area is 120 Å². The molecule has 0 heterocycles. The summed E-state index contributed by atoms with van der Waals surface area (Å²) in [6.45, 7) is 0. The minimum atomic E-state index is -0.913. The van der Waals surface area contributed by atoms with E-state index in [-0.39, 0.29) is 17.0 Å². The van der Waals surface area contributed by atoms with Crippen LogP contribution < -0.4 is 5.32 Å². The molecule has 0 saturated carbocycles. The Morgan fingerprint density at radius 2 is 1.75 bits per heavy atom. The second-order valence-electron chi connectivity index (χ2n) is 4.40. The van der Waals surface area contributed by atoms with Gasteiger partial charge in [0.25, 0.3) is 0 Å². The topological polar surface area (TPSA) is 12.0 Å². The van der Waals surface area contributed by atoms with Crippen LogP contribution in [-0.4, -0.2) is 7.05 Å². The zero-order valence-electron chi connectivity index (χ0n) is 10.8. The van der Waals surface area contributed by atoms with Gasteiger partial charge >= 0.3 is 0 Å². The number of halogens is 4. The Morgan fingerprint density at radius 1 is 1.05 bits per heavy atom. The summed E-state index contributed by atoms with van der Waals surface area (Å²) in [5.41, 5.74) is 0.507. The Morgan fingerprint density at radius 3 is 2.45 bits per heavy atom. The lowest BCUT2D eigenvalue weighted by Gasteiger charge is -2.18. The molecule has 0 fully saturated rings. The van der Waals surface area contributed by atoms with Crippen LogP contribution >= 0.6 is 11.6 Å². The molecule has 106 valence electrons. The van der Waals surface area contributed by atoms with Crippen molar-refractivity contribution in [3.8, 4) is 0 Å². The highest BCUT2D eigenvalue weighted by molar-refractivity contribution is 6.30. The summed E-state index contributed by atoms with van der Waals surface area (Å²) in [5.74, 6) is -2.37. The number of nitrogens with one attached hydrogen (secondary N) is 1. The molecule has 2 rings (SSSR count). The van der Waals surface area contributed by atoms with Crippen molar-refractivity contribution in [3.05, 3.63) is 70.0 Å². The molecule has 0 aliphatic heterocycles. The van der Waals surface area contributed by atoms with Crippen molar-refractivity contribution >= 4 is 11.6 Å². The van der Waals surface area contributed by atoms with Crippen LogP contribution in [0.5, 0.6) is 0 Å². The monoisotopic (exact) mass is 299 g/mol. The summed E-state index contributed by atoms with van der Waals surface area (Å²) in [6.07, 6.45) is 0.122. The fourth-order valence-corrected chi connectivity index (χ4v) is 2.26. The maximum Gasteiger partial charge on any atom is 0.162 e. The van der Waals surface area contributed by atoms with Crippen LogP contribution in [-0.2, 0) is 6.42 Å². The Kier molecular flexibility index (Phi) is 4.68. The van der Waals surface area contributed by atoms with Gasteiger partial charge in [-0.15, -0.1) is 0 Å². The van der Waals surface area contributed by atoms with Gasteiger partial charge in [-0.1, -0.05) is 35.9 Å². The van der Waals surface area contributed by atoms with Crippen LogP contribution in [0.4, 0.5) is 13.2 Å². The van der Waals surface area contributed by atoms with Gasteiger partial charge in [0.15, 0.2) is 11.6 Å². The minimum Gasteiger partial charge on any atom is -0.313 e. The van der Waals surface area contributed by atoms with Gasteiger partial charge in [0.2, 0.25) is 0 Å². The van der Waals surface area contributed by atoms with E-state index in [9.17, 15) is 13.2 Å². The van der Waals surface area contributed by atoms with E-state index in [0.29, 0.717) is 5.56 Å². The van der Waals surface area contributed by atoms with Crippen LogP contribution in [0.2, 0.25) is 5.02 Å². The van der Waals surface area contributed by atoms with Crippen molar-refractivity contribution in [3.63, 3.8) is 0 Å². The number of benzene rings is 2. The maximum absolute atomic E-state index is 14.0. The van der Waals surface area contributed by atoms with E-state index in [1.54, 1.807) is 19.2 Å². The Hall–Kier alpha value is -1.52. The SMILES string of the molecule is CNC(Cc1cccc(F)c1F)c1cccc(Cl)c1F. The summed E-state index contributed by atoms with van der Waals surface area (Å²) in [6, 6.07) is 8.08. The van der Waals surface area contributed by atoms with E-state index in [1.807, 2.05) is 0 Å². The molecule has 20 heavy (non-hydrogen) atoms. The first-order valence-electron chi connectivity index (χ1n) is 6.08. The highest BCUT2D eigenvalue weighted by Gasteiger charge is 2.19. The predicted octanol–water partition coefficient (Wildman–Crippen LogP) is 4.26. The molecule has 0 aliphatic rings. The van der Waals surface area contributed by atoms with Crippen LogP contribution in [0.15, 0.2) is 36.4 Å². The summed E-state index contributed by atoms with van der Waals surface area (Å²) >= 11 is 5.74. The Balaban J connectivity index is 2.34. The second-order valence-corrected chi connectivity index (χ2v) is 4.81. The molecule has 0 saturated heterocycles. The van der Waals surface area contributed by atoms with Crippen molar-refractivity contribution in [2.75, 3.05) is 7.05 Å². The van der Waals surface area contributed by atoms with Crippen molar-refractivity contribution in [2.24, 2.45) is 0 Å². The molecule has 2 aromatic carbocycles. The van der Waals surface area contributed by atoms with Crippen molar-refractivity contribution < 1.29 is 13.2 Å². The Bertz CT molecular complexity index is 616. The summed E-state index contributed by atoms with van der Waals surface area (Å²) in [7, 11) is 1.63. The second kappa shape index (κ2) is 6.29. The van der Waals surface area contributed by atoms with Crippen molar-refractivity contribution in [2.45, 2.75) is 12.5 Å². The van der Waals surface area contributed by atoms with E-state index in [1.165, 1.54) is 18.2 Å². The normalized spacial score (nSPS) is 12.4. The minimum absolute atomic E-state index is 0.00228. The lowest BCUT2D eigenvalue weighted by molar-refractivity contribution is 0.481. The average Bonchev–Trinajstić information content (AvgIpc) is 2.44. The first-order chi connectivity index (χ1) is 9.54. The average molecular weight is 300 g/mol. The molecule has 0 spiro atoms. The summed E-state index contributed by atoms with van der Waals surface area (Å²) in [4.78, 5) is 0. The molecule has 0 aromatic heterocycles. The third-order valence-electron chi connectivity index (χ3n) is 3.16. The highest BCUT2D eigenvalue weighted by atomic mass is 35.5. The number of hydrogen-bond donors (Lipinski definition) is 1. The largest absolute Gasteiger partial charge is 0.313 e. The fourth-order valence-electron chi connectivity index (χ4n) is 2.08. The molecule has 1 nitrogen and oxygen atoms in total. The van der Waals surface area contributed by atoms with E-state index in [4.69, 9.17) is 11.6 Å². The van der Waals surface area contributed by atoms with E-state index in [2.05, 4.69) is 5.32 Å². The van der Waals surface area contributed by atoms with E-state index < -0.39 is 23.5 Å². The van der Waals surface area contributed by atoms with Crippen LogP contribution in [0.3, 0.4) is 0 Å². The first-order valence-corrected chi connectivity index (χ1v) is 6.46. The molecule has 0 radical (unpaired) electrons. The molecule has 1 atom stereocenters. The van der Waals surface area contributed by atoms with Crippen molar-refractivity contribution in [1.29, 1.82) is 0 Å². The fraction of sp³-hybridized carbons (Fsp3) is 0.200. The molecule has 0 amide bonds. The molecular weight excluding hydrogens is 287 g/mol. The van der Waals surface area contributed by atoms with Gasteiger partial charge in [-0.25, -0.2) is 13.2 Å². The maximum atomic E-state index is 14.0. The van der Waals surface area contributed by atoms with Gasteiger partial charge in [-0.05, 0) is 31.2 Å². The van der Waals surface area contributed by atoms with E-state index in [0.717, 1.165) is 6.07 Å². The van der Waals surface area contributed by atoms with Gasteiger partial charge < -0.3 is 5.32 Å². The molecule has 0 aliphatic carbocycles. The van der Waals surface area contributed by atoms with Gasteiger partial charge in [0.05, 0.1) is 5.02 Å². The number of likely N-dealkylation sites (N-methyl/N-ethyl adjacent to an activating group) is 1. The quantitative estimate of drug-likeness (QED) is 0.889. The number of rotatable bonds is 4. The van der Waals surface area contributed by atoms with Gasteiger partial charge in [0.1, 0.15) is 5.82 Å². The summed E-state index contributed by atoms with van der Waals surface area (Å²) < 4.78 is 40.8. The smallest absolute Gasteiger partial charge is 0.162 e. The lowest BCUT2D eigenvalue weighted by atomic mass is 9.98. The molecule has 0 bridgehead atoms. The number of hydrogen-bond acceptors (Lipinski definition) is 1. The first kappa shape index (κ1) is 14.9. The zero-order valence-corrected chi connectivity index (χ0v) is 11.5. The summed E-state index contributed by atoms with van der Waals surface area (Å²) in [5, 5.41) is 2.90. The predicted molar refractivity (Wildman–Crippen MR) is 73.3 cm³/mol. The third kappa shape index (κ3) is 2.97. The van der Waals surface area contributed by atoms with Crippen LogP contribution in [0.1, 0.15) is 17.2 Å². The standard InChI is InChI=1S/C15H13ClF3N/c1-20-13(10-5-3-6-11(16)15(10)19)8-9-4-2-7-12(17)14(9)18/h2-7,13,20H,8H2,1H3. The van der Waals surface area contributed by atoms with Crippen LogP contribution in [0.25, 0.3) is 0 Å². The lowest BCUT2D eigenvalue weighted by Crippen LogP contribution is -2.21. The van der Waals surface area contributed by atoms with Crippen LogP contribution in [0, 0.1) is 17.5 Å². The molecule has 5 heteroatoms. The molecular formula is C15H13ClF3N. The van der Waals surface area contributed by atoms with Gasteiger partial charge in [-0.3, -0.25) is 0 Å². The molecule has 1 unspecified atom stereocenters. The highest BCUT2D eigenvalue weighted by Crippen LogP contribution is 2.26. The zero-order chi connectivity index (χ0) is 14.7. The van der Waals surface area contributed by atoms with Gasteiger partial charge in [0, 0.05) is 11.6 Å². The molecule has 2 aromatic rings. The third-order valence-corrected chi connectivity index (χ3v) is 3.45. The molecule has 1 N–H and O–H groups in total.